The molecule has 0 spiro atoms. The standard InChI is InChI=1S/C14H18O2S.C10H14N2O2S/c1-17-13-8-6-11(7-9-13)14(10-15)16-12-4-2-3-5-12;1-12-7-4-8(13-2)9(14-3)5-10(7)15-6-11/h6-10,12,14H,2-5H2,1H3;4-5H,1,6,11H2,2-3H3. The van der Waals surface area contributed by atoms with Gasteiger partial charge < -0.3 is 24.7 Å². The lowest BCUT2D eigenvalue weighted by Gasteiger charge is -2.17. The highest BCUT2D eigenvalue weighted by atomic mass is 32.2. The van der Waals surface area contributed by atoms with Gasteiger partial charge in [0.2, 0.25) is 0 Å². The second-order valence-corrected chi connectivity index (χ2v) is 8.96. The van der Waals surface area contributed by atoms with Crippen molar-refractivity contribution in [3.63, 3.8) is 0 Å². The number of hydrogen-bond donors (Lipinski definition) is 1. The van der Waals surface area contributed by atoms with Crippen LogP contribution in [-0.4, -0.2) is 45.5 Å². The molecule has 1 fully saturated rings. The molecule has 8 heteroatoms. The Labute approximate surface area is 199 Å². The summed E-state index contributed by atoms with van der Waals surface area (Å²) in [5.74, 6) is 1.79. The molecule has 1 unspecified atom stereocenters. The molecule has 0 radical (unpaired) electrons. The SMILES string of the molecule is C=Nc1cc(OC)c(OC)cc1SCN.CSc1ccc(C(C=O)OC2CCCC2)cc1. The molecule has 1 saturated carbocycles. The molecule has 0 aliphatic heterocycles. The maximum absolute atomic E-state index is 11.1. The summed E-state index contributed by atoms with van der Waals surface area (Å²) in [6.45, 7) is 3.50. The van der Waals surface area contributed by atoms with Crippen molar-refractivity contribution < 1.29 is 19.0 Å². The Bertz CT molecular complexity index is 856. The second kappa shape index (κ2) is 14.2. The van der Waals surface area contributed by atoms with Gasteiger partial charge in [-0.25, -0.2) is 0 Å². The Hall–Kier alpha value is -2.00. The number of carbonyl (C=O) groups excluding carboxylic acids is 1. The van der Waals surface area contributed by atoms with Crippen molar-refractivity contribution >= 4 is 42.2 Å². The van der Waals surface area contributed by atoms with Gasteiger partial charge in [0.15, 0.2) is 17.8 Å². The van der Waals surface area contributed by atoms with Crippen LogP contribution in [0.5, 0.6) is 11.5 Å². The van der Waals surface area contributed by atoms with Crippen molar-refractivity contribution in [2.45, 2.75) is 47.7 Å². The molecular formula is C24H32N2O4S2. The van der Waals surface area contributed by atoms with Crippen LogP contribution in [0.4, 0.5) is 5.69 Å². The first-order chi connectivity index (χ1) is 15.6. The molecule has 1 atom stereocenters. The van der Waals surface area contributed by atoms with Gasteiger partial charge in [-0.1, -0.05) is 25.0 Å². The molecule has 2 aromatic carbocycles. The minimum absolute atomic E-state index is 0.269. The maximum Gasteiger partial charge on any atom is 0.162 e. The van der Waals surface area contributed by atoms with Gasteiger partial charge in [0.05, 0.1) is 26.0 Å². The van der Waals surface area contributed by atoms with E-state index >= 15 is 0 Å². The minimum atomic E-state index is -0.394. The van der Waals surface area contributed by atoms with Gasteiger partial charge >= 0.3 is 0 Å². The molecule has 0 amide bonds. The quantitative estimate of drug-likeness (QED) is 0.205. The number of nitrogens with zero attached hydrogens (tertiary/aromatic N) is 1. The number of benzene rings is 2. The molecule has 1 aliphatic rings. The monoisotopic (exact) mass is 476 g/mol. The summed E-state index contributed by atoms with van der Waals surface area (Å²) in [6, 6.07) is 11.7. The molecule has 2 aromatic rings. The Morgan fingerprint density at radius 1 is 1.16 bits per heavy atom. The Morgan fingerprint density at radius 2 is 1.78 bits per heavy atom. The number of ether oxygens (including phenoxy) is 3. The molecular weight excluding hydrogens is 444 g/mol. The van der Waals surface area contributed by atoms with E-state index < -0.39 is 6.10 Å². The summed E-state index contributed by atoms with van der Waals surface area (Å²) in [7, 11) is 3.18. The average Bonchev–Trinajstić information content (AvgIpc) is 3.36. The summed E-state index contributed by atoms with van der Waals surface area (Å²) in [5.41, 5.74) is 7.19. The molecule has 6 nitrogen and oxygen atoms in total. The number of nitrogens with two attached hydrogens (primary N) is 1. The predicted molar refractivity (Wildman–Crippen MR) is 134 cm³/mol. The van der Waals surface area contributed by atoms with E-state index in [2.05, 4.69) is 11.7 Å². The van der Waals surface area contributed by atoms with Crippen molar-refractivity contribution in [3.8, 4) is 11.5 Å². The third kappa shape index (κ3) is 7.55. The van der Waals surface area contributed by atoms with Crippen molar-refractivity contribution in [2.75, 3.05) is 26.4 Å². The van der Waals surface area contributed by atoms with Crippen LogP contribution in [0, 0.1) is 0 Å². The minimum Gasteiger partial charge on any atom is -0.493 e. The van der Waals surface area contributed by atoms with E-state index in [0.717, 1.165) is 35.3 Å². The lowest BCUT2D eigenvalue weighted by atomic mass is 10.1. The van der Waals surface area contributed by atoms with E-state index in [0.29, 0.717) is 17.4 Å². The van der Waals surface area contributed by atoms with Crippen LogP contribution in [0.1, 0.15) is 37.4 Å². The summed E-state index contributed by atoms with van der Waals surface area (Å²) in [6.07, 6.45) is 7.46. The van der Waals surface area contributed by atoms with Crippen LogP contribution in [0.15, 0.2) is 51.2 Å². The van der Waals surface area contributed by atoms with Gasteiger partial charge in [-0.15, -0.1) is 23.5 Å². The molecule has 174 valence electrons. The molecule has 3 rings (SSSR count). The van der Waals surface area contributed by atoms with Crippen LogP contribution >= 0.6 is 23.5 Å². The van der Waals surface area contributed by atoms with Crippen molar-refractivity contribution in [3.05, 3.63) is 42.0 Å². The van der Waals surface area contributed by atoms with E-state index in [1.165, 1.54) is 29.5 Å². The molecule has 2 N–H and O–H groups in total. The highest BCUT2D eigenvalue weighted by molar-refractivity contribution is 7.99. The number of aliphatic imine (C=N–C) groups is 1. The van der Waals surface area contributed by atoms with E-state index in [-0.39, 0.29) is 6.10 Å². The van der Waals surface area contributed by atoms with E-state index in [9.17, 15) is 4.79 Å². The number of methoxy groups -OCH3 is 2. The smallest absolute Gasteiger partial charge is 0.162 e. The predicted octanol–water partition coefficient (Wildman–Crippen LogP) is 5.65. The summed E-state index contributed by atoms with van der Waals surface area (Å²) in [4.78, 5) is 17.2. The van der Waals surface area contributed by atoms with Crippen LogP contribution in [0.25, 0.3) is 0 Å². The number of aldehydes is 1. The molecule has 0 saturated heterocycles. The molecule has 0 heterocycles. The van der Waals surface area contributed by atoms with Crippen LogP contribution < -0.4 is 15.2 Å². The largest absolute Gasteiger partial charge is 0.493 e. The lowest BCUT2D eigenvalue weighted by Crippen LogP contribution is -2.14. The number of thioether (sulfide) groups is 2. The summed E-state index contributed by atoms with van der Waals surface area (Å²) in [5, 5.41) is 0. The average molecular weight is 477 g/mol. The number of carbonyl (C=O) groups is 1. The number of hydrogen-bond acceptors (Lipinski definition) is 8. The van der Waals surface area contributed by atoms with Gasteiger partial charge in [-0.05, 0) is 49.6 Å². The Kier molecular flexibility index (Phi) is 11.7. The third-order valence-electron chi connectivity index (χ3n) is 5.08. The van der Waals surface area contributed by atoms with Crippen LogP contribution in [0.3, 0.4) is 0 Å². The second-order valence-electron chi connectivity index (χ2n) is 7.02. The maximum atomic E-state index is 11.1. The lowest BCUT2D eigenvalue weighted by molar-refractivity contribution is -0.122. The zero-order valence-corrected chi connectivity index (χ0v) is 20.5. The first kappa shape index (κ1) is 26.3. The highest BCUT2D eigenvalue weighted by Crippen LogP contribution is 2.39. The molecule has 1 aliphatic carbocycles. The summed E-state index contributed by atoms with van der Waals surface area (Å²) >= 11 is 3.18. The zero-order valence-electron chi connectivity index (χ0n) is 18.9. The fourth-order valence-electron chi connectivity index (χ4n) is 3.39. The van der Waals surface area contributed by atoms with E-state index in [1.54, 1.807) is 32.0 Å². The normalized spacial score (nSPS) is 14.2. The van der Waals surface area contributed by atoms with Gasteiger partial charge in [0.1, 0.15) is 6.10 Å². The Morgan fingerprint density at radius 3 is 2.28 bits per heavy atom. The highest BCUT2D eigenvalue weighted by Gasteiger charge is 2.21. The first-order valence-corrected chi connectivity index (χ1v) is 12.6. The van der Waals surface area contributed by atoms with Gasteiger partial charge in [-0.3, -0.25) is 4.99 Å². The summed E-state index contributed by atoms with van der Waals surface area (Å²) < 4.78 is 16.2. The molecule has 0 aromatic heterocycles. The topological polar surface area (TPSA) is 83.1 Å². The van der Waals surface area contributed by atoms with Gasteiger partial charge in [0, 0.05) is 21.7 Å². The van der Waals surface area contributed by atoms with Crippen molar-refractivity contribution in [1.29, 1.82) is 0 Å². The zero-order chi connectivity index (χ0) is 23.3. The fraction of sp³-hybridized carbons (Fsp3) is 0.417. The van der Waals surface area contributed by atoms with E-state index in [4.69, 9.17) is 19.9 Å². The molecule has 0 bridgehead atoms. The van der Waals surface area contributed by atoms with Gasteiger partial charge in [0.25, 0.3) is 0 Å². The van der Waals surface area contributed by atoms with Gasteiger partial charge in [-0.2, -0.15) is 0 Å². The molecule has 32 heavy (non-hydrogen) atoms. The number of rotatable bonds is 10. The first-order valence-electron chi connectivity index (χ1n) is 10.4. The third-order valence-corrected chi connectivity index (χ3v) is 6.63. The van der Waals surface area contributed by atoms with E-state index in [1.807, 2.05) is 36.6 Å². The fourth-order valence-corrected chi connectivity index (χ4v) is 4.44. The van der Waals surface area contributed by atoms with Crippen molar-refractivity contribution in [1.82, 2.24) is 0 Å². The van der Waals surface area contributed by atoms with Crippen LogP contribution in [-0.2, 0) is 9.53 Å². The van der Waals surface area contributed by atoms with Crippen LogP contribution in [0.2, 0.25) is 0 Å². The van der Waals surface area contributed by atoms with Crippen molar-refractivity contribution in [2.24, 2.45) is 10.7 Å². The Balaban J connectivity index is 0.000000229.